The molecular formula is C16H26BrClN2O. The summed E-state index contributed by atoms with van der Waals surface area (Å²) in [6, 6.07) is 6.69. The minimum atomic E-state index is -0.164. The number of hydrogen-bond acceptors (Lipinski definition) is 3. The quantitative estimate of drug-likeness (QED) is 0.846. The van der Waals surface area contributed by atoms with Crippen molar-refractivity contribution in [3.63, 3.8) is 0 Å². The molecule has 1 aliphatic rings. The minimum absolute atomic E-state index is 0. The fourth-order valence-electron chi connectivity index (χ4n) is 3.04. The summed E-state index contributed by atoms with van der Waals surface area (Å²) in [6.45, 7) is 10.7. The molecule has 1 heterocycles. The first-order valence-electron chi connectivity index (χ1n) is 7.27. The maximum atomic E-state index is 9.86. The number of piperazine rings is 1. The summed E-state index contributed by atoms with van der Waals surface area (Å²) in [5.41, 5.74) is 2.45. The Hall–Kier alpha value is -0.130. The highest BCUT2D eigenvalue weighted by Gasteiger charge is 2.36. The Balaban J connectivity index is 0.00000220. The number of aryl methyl sites for hydroxylation is 1. The highest BCUT2D eigenvalue weighted by molar-refractivity contribution is 9.10. The Morgan fingerprint density at radius 1 is 1.33 bits per heavy atom. The SMILES string of the molecule is Cc1ccc(Br)cc1[C@@H](N1CCNCC1)C(C)(C)CO.Cl. The summed E-state index contributed by atoms with van der Waals surface area (Å²) in [7, 11) is 0. The second-order valence-electron chi connectivity index (χ2n) is 6.34. The fourth-order valence-corrected chi connectivity index (χ4v) is 3.42. The Morgan fingerprint density at radius 2 is 1.95 bits per heavy atom. The maximum absolute atomic E-state index is 9.86. The molecule has 0 radical (unpaired) electrons. The third-order valence-corrected chi connectivity index (χ3v) is 4.69. The van der Waals surface area contributed by atoms with Crippen molar-refractivity contribution in [1.29, 1.82) is 0 Å². The summed E-state index contributed by atoms with van der Waals surface area (Å²) in [5, 5.41) is 13.3. The zero-order valence-corrected chi connectivity index (χ0v) is 15.4. The van der Waals surface area contributed by atoms with Gasteiger partial charge in [0.05, 0.1) is 0 Å². The van der Waals surface area contributed by atoms with Crippen LogP contribution in [-0.2, 0) is 0 Å². The van der Waals surface area contributed by atoms with Gasteiger partial charge in [0.2, 0.25) is 0 Å². The van der Waals surface area contributed by atoms with Crippen LogP contribution in [0.15, 0.2) is 22.7 Å². The van der Waals surface area contributed by atoms with E-state index in [1.54, 1.807) is 0 Å². The van der Waals surface area contributed by atoms with Crippen LogP contribution in [0.1, 0.15) is 31.0 Å². The van der Waals surface area contributed by atoms with Crippen LogP contribution >= 0.6 is 28.3 Å². The first kappa shape index (κ1) is 18.9. The minimum Gasteiger partial charge on any atom is -0.396 e. The lowest BCUT2D eigenvalue weighted by Gasteiger charge is -2.44. The molecule has 0 spiro atoms. The first-order valence-corrected chi connectivity index (χ1v) is 8.06. The zero-order chi connectivity index (χ0) is 14.8. The van der Waals surface area contributed by atoms with Gasteiger partial charge in [0.15, 0.2) is 0 Å². The van der Waals surface area contributed by atoms with Crippen molar-refractivity contribution >= 4 is 28.3 Å². The van der Waals surface area contributed by atoms with E-state index in [2.05, 4.69) is 65.1 Å². The van der Waals surface area contributed by atoms with Crippen molar-refractivity contribution in [3.8, 4) is 0 Å². The van der Waals surface area contributed by atoms with E-state index >= 15 is 0 Å². The average Bonchev–Trinajstić information content (AvgIpc) is 2.44. The zero-order valence-electron chi connectivity index (χ0n) is 13.0. The molecule has 1 atom stereocenters. The normalized spacial score (nSPS) is 18.1. The van der Waals surface area contributed by atoms with E-state index in [1.807, 2.05) is 0 Å². The Bertz CT molecular complexity index is 462. The van der Waals surface area contributed by atoms with Gasteiger partial charge in [-0.1, -0.05) is 35.8 Å². The average molecular weight is 378 g/mol. The Kier molecular flexibility index (Phi) is 7.14. The Labute approximate surface area is 142 Å². The van der Waals surface area contributed by atoms with E-state index in [-0.39, 0.29) is 30.5 Å². The van der Waals surface area contributed by atoms with Crippen molar-refractivity contribution in [3.05, 3.63) is 33.8 Å². The van der Waals surface area contributed by atoms with Crippen LogP contribution in [0.3, 0.4) is 0 Å². The fraction of sp³-hybridized carbons (Fsp3) is 0.625. The topological polar surface area (TPSA) is 35.5 Å². The van der Waals surface area contributed by atoms with Gasteiger partial charge in [0.25, 0.3) is 0 Å². The lowest BCUT2D eigenvalue weighted by molar-refractivity contribution is 0.0302. The molecule has 1 saturated heterocycles. The molecule has 0 amide bonds. The van der Waals surface area contributed by atoms with Gasteiger partial charge in [-0.2, -0.15) is 0 Å². The third-order valence-electron chi connectivity index (χ3n) is 4.20. The van der Waals surface area contributed by atoms with Gasteiger partial charge in [-0.05, 0) is 30.2 Å². The Morgan fingerprint density at radius 3 is 2.52 bits per heavy atom. The molecule has 0 unspecified atom stereocenters. The molecule has 2 rings (SSSR count). The van der Waals surface area contributed by atoms with Gasteiger partial charge < -0.3 is 10.4 Å². The summed E-state index contributed by atoms with van der Waals surface area (Å²) in [5.74, 6) is 0. The van der Waals surface area contributed by atoms with Gasteiger partial charge >= 0.3 is 0 Å². The molecule has 0 saturated carbocycles. The van der Waals surface area contributed by atoms with E-state index in [9.17, 15) is 5.11 Å². The number of halogens is 2. The molecule has 3 nitrogen and oxygen atoms in total. The molecule has 120 valence electrons. The van der Waals surface area contributed by atoms with Crippen LogP contribution < -0.4 is 5.32 Å². The molecule has 0 aromatic heterocycles. The molecule has 21 heavy (non-hydrogen) atoms. The standard InChI is InChI=1S/C16H25BrN2O.ClH/c1-12-4-5-13(17)10-14(12)15(16(2,3)11-20)19-8-6-18-7-9-19;/h4-5,10,15,18,20H,6-9,11H2,1-3H3;1H/t15-;/m1./s1. The number of benzene rings is 1. The van der Waals surface area contributed by atoms with Gasteiger partial charge in [-0.15, -0.1) is 12.4 Å². The molecule has 5 heteroatoms. The molecule has 2 N–H and O–H groups in total. The van der Waals surface area contributed by atoms with Crippen molar-refractivity contribution < 1.29 is 5.11 Å². The summed E-state index contributed by atoms with van der Waals surface area (Å²) in [4.78, 5) is 2.50. The molecule has 1 aliphatic heterocycles. The molecule has 0 aliphatic carbocycles. The van der Waals surface area contributed by atoms with E-state index < -0.39 is 0 Å². The first-order chi connectivity index (χ1) is 9.45. The molecule has 1 aromatic rings. The molecule has 1 aromatic carbocycles. The monoisotopic (exact) mass is 376 g/mol. The smallest absolute Gasteiger partial charge is 0.0500 e. The summed E-state index contributed by atoms with van der Waals surface area (Å²) >= 11 is 3.58. The lowest BCUT2D eigenvalue weighted by Crippen LogP contribution is -2.49. The van der Waals surface area contributed by atoms with Crippen molar-refractivity contribution in [2.24, 2.45) is 5.41 Å². The van der Waals surface area contributed by atoms with Crippen LogP contribution in [-0.4, -0.2) is 42.8 Å². The number of nitrogens with one attached hydrogen (secondary N) is 1. The third kappa shape index (κ3) is 4.42. The number of aliphatic hydroxyl groups is 1. The summed E-state index contributed by atoms with van der Waals surface area (Å²) in [6.07, 6.45) is 0. The van der Waals surface area contributed by atoms with Crippen molar-refractivity contribution in [2.75, 3.05) is 32.8 Å². The number of rotatable bonds is 4. The van der Waals surface area contributed by atoms with Crippen LogP contribution in [0.2, 0.25) is 0 Å². The lowest BCUT2D eigenvalue weighted by atomic mass is 9.78. The summed E-state index contributed by atoms with van der Waals surface area (Å²) < 4.78 is 1.10. The second-order valence-corrected chi connectivity index (χ2v) is 7.25. The van der Waals surface area contributed by atoms with Crippen LogP contribution in [0.25, 0.3) is 0 Å². The van der Waals surface area contributed by atoms with E-state index in [0.717, 1.165) is 30.7 Å². The van der Waals surface area contributed by atoms with Gasteiger partial charge in [0.1, 0.15) is 0 Å². The second kappa shape index (κ2) is 7.93. The van der Waals surface area contributed by atoms with Crippen molar-refractivity contribution in [2.45, 2.75) is 26.8 Å². The van der Waals surface area contributed by atoms with Crippen molar-refractivity contribution in [1.82, 2.24) is 10.2 Å². The molecular weight excluding hydrogens is 352 g/mol. The van der Waals surface area contributed by atoms with Crippen LogP contribution in [0.5, 0.6) is 0 Å². The van der Waals surface area contributed by atoms with Gasteiger partial charge in [-0.25, -0.2) is 0 Å². The van der Waals surface area contributed by atoms with E-state index in [0.29, 0.717) is 0 Å². The van der Waals surface area contributed by atoms with Gasteiger partial charge in [0, 0.05) is 48.7 Å². The maximum Gasteiger partial charge on any atom is 0.0500 e. The number of hydrogen-bond donors (Lipinski definition) is 2. The predicted molar refractivity (Wildman–Crippen MR) is 94.2 cm³/mol. The predicted octanol–water partition coefficient (Wildman–Crippen LogP) is 3.14. The van der Waals surface area contributed by atoms with E-state index in [1.165, 1.54) is 11.1 Å². The number of nitrogens with zero attached hydrogens (tertiary/aromatic N) is 1. The largest absolute Gasteiger partial charge is 0.396 e. The highest BCUT2D eigenvalue weighted by atomic mass is 79.9. The van der Waals surface area contributed by atoms with E-state index in [4.69, 9.17) is 0 Å². The van der Waals surface area contributed by atoms with Crippen LogP contribution in [0, 0.1) is 12.3 Å². The number of aliphatic hydroxyl groups excluding tert-OH is 1. The molecule has 0 bridgehead atoms. The molecule has 1 fully saturated rings. The van der Waals surface area contributed by atoms with Crippen LogP contribution in [0.4, 0.5) is 0 Å². The van der Waals surface area contributed by atoms with Gasteiger partial charge in [-0.3, -0.25) is 4.90 Å². The highest BCUT2D eigenvalue weighted by Crippen LogP contribution is 2.40.